The number of carbonyl (C=O) groups is 1. The Morgan fingerprint density at radius 2 is 1.73 bits per heavy atom. The summed E-state index contributed by atoms with van der Waals surface area (Å²) in [6, 6.07) is 18.2. The van der Waals surface area contributed by atoms with E-state index in [4.69, 9.17) is 0 Å². The topological polar surface area (TPSA) is 41.1 Å². The van der Waals surface area contributed by atoms with Crippen LogP contribution in [0.25, 0.3) is 0 Å². The van der Waals surface area contributed by atoms with Crippen molar-refractivity contribution in [3.05, 3.63) is 65.7 Å². The van der Waals surface area contributed by atoms with Crippen LogP contribution in [0.4, 0.5) is 0 Å². The molecule has 4 heteroatoms. The number of hydrogen-bond acceptors (Lipinski definition) is 3. The average Bonchev–Trinajstić information content (AvgIpc) is 2.58. The van der Waals surface area contributed by atoms with Gasteiger partial charge >= 0.3 is 0 Å². The predicted molar refractivity (Wildman–Crippen MR) is 93.3 cm³/mol. The van der Waals surface area contributed by atoms with E-state index in [-0.39, 0.29) is 5.91 Å². The van der Waals surface area contributed by atoms with Crippen LogP contribution in [-0.2, 0) is 5.75 Å². The molecule has 2 rings (SSSR count). The average molecular weight is 314 g/mol. The van der Waals surface area contributed by atoms with Gasteiger partial charge in [-0.15, -0.1) is 11.8 Å². The van der Waals surface area contributed by atoms with Crippen LogP contribution in [0, 0.1) is 0 Å². The van der Waals surface area contributed by atoms with Crippen LogP contribution in [0.2, 0.25) is 0 Å². The highest BCUT2D eigenvalue weighted by molar-refractivity contribution is 7.98. The van der Waals surface area contributed by atoms with E-state index in [0.29, 0.717) is 12.1 Å². The number of amides is 1. The Morgan fingerprint density at radius 1 is 1.00 bits per heavy atom. The SMILES string of the molecule is CCNCCNC(=O)c1ccc(SCc2ccccc2)cc1. The summed E-state index contributed by atoms with van der Waals surface area (Å²) in [7, 11) is 0. The molecule has 116 valence electrons. The van der Waals surface area contributed by atoms with Gasteiger partial charge in [-0.2, -0.15) is 0 Å². The molecule has 0 aliphatic heterocycles. The van der Waals surface area contributed by atoms with Crippen LogP contribution in [0.1, 0.15) is 22.8 Å². The first-order valence-electron chi connectivity index (χ1n) is 7.55. The highest BCUT2D eigenvalue weighted by Crippen LogP contribution is 2.22. The Bertz CT molecular complexity index is 569. The summed E-state index contributed by atoms with van der Waals surface area (Å²) >= 11 is 1.78. The van der Waals surface area contributed by atoms with Crippen molar-refractivity contribution in [1.82, 2.24) is 10.6 Å². The molecule has 2 N–H and O–H groups in total. The predicted octanol–water partition coefficient (Wildman–Crippen LogP) is 3.32. The fraction of sp³-hybridized carbons (Fsp3) is 0.278. The Labute approximate surface area is 136 Å². The molecule has 2 aromatic rings. The zero-order valence-electron chi connectivity index (χ0n) is 12.8. The second-order valence-corrected chi connectivity index (χ2v) is 5.96. The van der Waals surface area contributed by atoms with E-state index in [1.165, 1.54) is 10.5 Å². The van der Waals surface area contributed by atoms with Crippen LogP contribution in [0.3, 0.4) is 0 Å². The van der Waals surface area contributed by atoms with Crippen molar-refractivity contribution in [3.63, 3.8) is 0 Å². The van der Waals surface area contributed by atoms with E-state index in [9.17, 15) is 4.79 Å². The minimum Gasteiger partial charge on any atom is -0.351 e. The molecule has 0 bridgehead atoms. The first kappa shape index (κ1) is 16.6. The zero-order valence-corrected chi connectivity index (χ0v) is 13.7. The first-order chi connectivity index (χ1) is 10.8. The molecule has 0 spiro atoms. The Balaban J connectivity index is 1.81. The molecule has 0 heterocycles. The molecule has 2 aromatic carbocycles. The summed E-state index contributed by atoms with van der Waals surface area (Å²) in [5.74, 6) is 0.923. The van der Waals surface area contributed by atoms with E-state index in [1.54, 1.807) is 11.8 Å². The van der Waals surface area contributed by atoms with E-state index in [2.05, 4.69) is 34.9 Å². The van der Waals surface area contributed by atoms with Gasteiger partial charge in [0, 0.05) is 29.3 Å². The maximum absolute atomic E-state index is 12.0. The van der Waals surface area contributed by atoms with Crippen molar-refractivity contribution in [2.45, 2.75) is 17.6 Å². The van der Waals surface area contributed by atoms with Gasteiger partial charge in [0.1, 0.15) is 0 Å². The van der Waals surface area contributed by atoms with Crippen LogP contribution < -0.4 is 10.6 Å². The maximum atomic E-state index is 12.0. The molecular weight excluding hydrogens is 292 g/mol. The summed E-state index contributed by atoms with van der Waals surface area (Å²) in [5.41, 5.74) is 2.01. The Hall–Kier alpha value is -1.78. The molecule has 0 aliphatic carbocycles. The van der Waals surface area contributed by atoms with E-state index in [0.717, 1.165) is 18.8 Å². The van der Waals surface area contributed by atoms with Crippen LogP contribution >= 0.6 is 11.8 Å². The molecule has 0 saturated carbocycles. The van der Waals surface area contributed by atoms with E-state index in [1.807, 2.05) is 37.3 Å². The highest BCUT2D eigenvalue weighted by atomic mass is 32.2. The Morgan fingerprint density at radius 3 is 2.41 bits per heavy atom. The van der Waals surface area contributed by atoms with Crippen molar-refractivity contribution in [2.75, 3.05) is 19.6 Å². The number of nitrogens with one attached hydrogen (secondary N) is 2. The third-order valence-corrected chi connectivity index (χ3v) is 4.29. The van der Waals surface area contributed by atoms with Crippen molar-refractivity contribution in [2.24, 2.45) is 0 Å². The van der Waals surface area contributed by atoms with Crippen molar-refractivity contribution in [1.29, 1.82) is 0 Å². The first-order valence-corrected chi connectivity index (χ1v) is 8.54. The maximum Gasteiger partial charge on any atom is 0.251 e. The monoisotopic (exact) mass is 314 g/mol. The number of thioether (sulfide) groups is 1. The molecule has 0 atom stereocenters. The van der Waals surface area contributed by atoms with Gasteiger partial charge in [-0.25, -0.2) is 0 Å². The molecular formula is C18H22N2OS. The number of hydrogen-bond donors (Lipinski definition) is 2. The van der Waals surface area contributed by atoms with Crippen LogP contribution in [0.15, 0.2) is 59.5 Å². The summed E-state index contributed by atoms with van der Waals surface area (Å²) in [5, 5.41) is 6.08. The summed E-state index contributed by atoms with van der Waals surface area (Å²) in [6.45, 7) is 4.42. The number of likely N-dealkylation sites (N-methyl/N-ethyl adjacent to an activating group) is 1. The number of carbonyl (C=O) groups excluding carboxylic acids is 1. The summed E-state index contributed by atoms with van der Waals surface area (Å²) in [6.07, 6.45) is 0. The molecule has 1 amide bonds. The standard InChI is InChI=1S/C18H22N2OS/c1-2-19-12-13-20-18(21)16-8-10-17(11-9-16)22-14-15-6-4-3-5-7-15/h3-11,19H,2,12-14H2,1H3,(H,20,21). The molecule has 0 fully saturated rings. The van der Waals surface area contributed by atoms with Gasteiger partial charge in [0.2, 0.25) is 0 Å². The second kappa shape index (κ2) is 9.28. The minimum absolute atomic E-state index is 0.0162. The second-order valence-electron chi connectivity index (χ2n) is 4.91. The molecule has 0 radical (unpaired) electrons. The zero-order chi connectivity index (χ0) is 15.6. The highest BCUT2D eigenvalue weighted by Gasteiger charge is 2.04. The fourth-order valence-corrected chi connectivity index (χ4v) is 2.84. The van der Waals surface area contributed by atoms with E-state index >= 15 is 0 Å². The summed E-state index contributed by atoms with van der Waals surface area (Å²) in [4.78, 5) is 13.1. The summed E-state index contributed by atoms with van der Waals surface area (Å²) < 4.78 is 0. The van der Waals surface area contributed by atoms with Crippen molar-refractivity contribution in [3.8, 4) is 0 Å². The fourth-order valence-electron chi connectivity index (χ4n) is 1.99. The molecule has 0 saturated heterocycles. The van der Waals surface area contributed by atoms with Crippen LogP contribution in [0.5, 0.6) is 0 Å². The number of rotatable bonds is 8. The largest absolute Gasteiger partial charge is 0.351 e. The van der Waals surface area contributed by atoms with Crippen molar-refractivity contribution >= 4 is 17.7 Å². The lowest BCUT2D eigenvalue weighted by Crippen LogP contribution is -2.31. The van der Waals surface area contributed by atoms with Gasteiger partial charge in [-0.1, -0.05) is 37.3 Å². The third-order valence-electron chi connectivity index (χ3n) is 3.20. The van der Waals surface area contributed by atoms with Gasteiger partial charge in [-0.3, -0.25) is 4.79 Å². The molecule has 0 aromatic heterocycles. The van der Waals surface area contributed by atoms with Gasteiger partial charge in [0.15, 0.2) is 0 Å². The van der Waals surface area contributed by atoms with Gasteiger partial charge < -0.3 is 10.6 Å². The van der Waals surface area contributed by atoms with Crippen LogP contribution in [-0.4, -0.2) is 25.5 Å². The van der Waals surface area contributed by atoms with Gasteiger partial charge in [0.05, 0.1) is 0 Å². The lowest BCUT2D eigenvalue weighted by molar-refractivity contribution is 0.0954. The minimum atomic E-state index is -0.0162. The molecule has 22 heavy (non-hydrogen) atoms. The lowest BCUT2D eigenvalue weighted by atomic mass is 10.2. The molecule has 3 nitrogen and oxygen atoms in total. The quantitative estimate of drug-likeness (QED) is 0.580. The molecule has 0 aliphatic rings. The van der Waals surface area contributed by atoms with E-state index < -0.39 is 0 Å². The smallest absolute Gasteiger partial charge is 0.251 e. The Kier molecular flexibility index (Phi) is 7.00. The van der Waals surface area contributed by atoms with Gasteiger partial charge in [-0.05, 0) is 36.4 Å². The lowest BCUT2D eigenvalue weighted by Gasteiger charge is -2.07. The molecule has 0 unspecified atom stereocenters. The normalized spacial score (nSPS) is 10.4. The third kappa shape index (κ3) is 5.54. The van der Waals surface area contributed by atoms with Crippen molar-refractivity contribution < 1.29 is 4.79 Å². The van der Waals surface area contributed by atoms with Gasteiger partial charge in [0.25, 0.3) is 5.91 Å². The number of benzene rings is 2.